The molecule has 1 atom stereocenters. The van der Waals surface area contributed by atoms with Gasteiger partial charge in [-0.3, -0.25) is 4.40 Å². The molecule has 5 heteroatoms. The van der Waals surface area contributed by atoms with Gasteiger partial charge < -0.3 is 4.74 Å². The Bertz CT molecular complexity index is 3080. The number of ether oxygens (including phenoxy) is 1. The summed E-state index contributed by atoms with van der Waals surface area (Å²) in [7, 11) is 0. The zero-order chi connectivity index (χ0) is 40.3. The molecular formula is C50H46N4O. The van der Waals surface area contributed by atoms with Crippen LogP contribution >= 0.6 is 0 Å². The van der Waals surface area contributed by atoms with E-state index in [1.54, 1.807) is 0 Å². The molecule has 0 N–H and O–H groups in total. The van der Waals surface area contributed by atoms with Gasteiger partial charge in [-0.05, 0) is 77.2 Å². The molecular weight excluding hydrogens is 673 g/mol. The standard InChI is InChI=1S/C50H46N4O/c1-29-18-22-39-43-41(29)35-21-19-32(26-36(35)46-52-42-34-17-13-12-16-31(34)24-25-50(8,48(39,4)5)45(42)53(43)46)55-33-20-23-38-40(27-33)54-44(49(6,7)47(38,2)3)37(28-51-54)30-14-10-9-11-15-30/h9-23,26-28H,24-25H2,1-8H3/i1D3. The Balaban J connectivity index is 1.14. The van der Waals surface area contributed by atoms with E-state index in [9.17, 15) is 0 Å². The molecule has 2 aliphatic heterocycles. The van der Waals surface area contributed by atoms with Gasteiger partial charge in [0.1, 0.15) is 17.1 Å². The quantitative estimate of drug-likeness (QED) is 0.171. The van der Waals surface area contributed by atoms with Crippen LogP contribution in [0.15, 0.2) is 109 Å². The molecule has 0 fully saturated rings. The largest absolute Gasteiger partial charge is 0.457 e. The van der Waals surface area contributed by atoms with Crippen molar-refractivity contribution in [2.24, 2.45) is 0 Å². The SMILES string of the molecule is [2H]C([2H])([2H])c1ccc2c3c1c1ccc(Oc4ccc5c(c4)-n4ncc(-c6ccccc6)c4C(C)(C)C5(C)C)cc1c1nc4c(n13)C(C)(CCc1ccccc1-4)C2(C)C. The third kappa shape index (κ3) is 3.98. The minimum absolute atomic E-state index is 0.208. The van der Waals surface area contributed by atoms with Crippen LogP contribution in [0.2, 0.25) is 0 Å². The highest BCUT2D eigenvalue weighted by molar-refractivity contribution is 6.15. The van der Waals surface area contributed by atoms with Gasteiger partial charge in [-0.2, -0.15) is 5.10 Å². The predicted molar refractivity (Wildman–Crippen MR) is 224 cm³/mol. The van der Waals surface area contributed by atoms with E-state index in [2.05, 4.69) is 136 Å². The molecule has 0 amide bonds. The summed E-state index contributed by atoms with van der Waals surface area (Å²) in [5.74, 6) is 1.35. The van der Waals surface area contributed by atoms with Crippen molar-refractivity contribution in [3.8, 4) is 39.6 Å². The van der Waals surface area contributed by atoms with E-state index in [0.29, 0.717) is 17.1 Å². The molecule has 0 spiro atoms. The molecule has 1 aliphatic carbocycles. The molecule has 0 saturated heterocycles. The van der Waals surface area contributed by atoms with Crippen molar-refractivity contribution in [2.75, 3.05) is 0 Å². The lowest BCUT2D eigenvalue weighted by atomic mass is 9.57. The number of hydrogen-bond acceptors (Lipinski definition) is 3. The Kier molecular flexibility index (Phi) is 5.68. The van der Waals surface area contributed by atoms with Crippen LogP contribution in [0.1, 0.15) is 92.6 Å². The average Bonchev–Trinajstić information content (AvgIpc) is 3.80. The van der Waals surface area contributed by atoms with Gasteiger partial charge in [-0.25, -0.2) is 9.67 Å². The van der Waals surface area contributed by atoms with Gasteiger partial charge in [0.15, 0.2) is 0 Å². The lowest BCUT2D eigenvalue weighted by Gasteiger charge is -2.48. The zero-order valence-corrected chi connectivity index (χ0v) is 32.5. The molecule has 272 valence electrons. The van der Waals surface area contributed by atoms with Crippen molar-refractivity contribution >= 4 is 27.3 Å². The fourth-order valence-corrected chi connectivity index (χ4v) is 10.5. The summed E-state index contributed by atoms with van der Waals surface area (Å²) in [4.78, 5) is 5.56. The molecule has 55 heavy (non-hydrogen) atoms. The summed E-state index contributed by atoms with van der Waals surface area (Å²) in [5.41, 5.74) is 12.5. The molecule has 3 aromatic heterocycles. The van der Waals surface area contributed by atoms with Crippen LogP contribution in [0, 0.1) is 6.85 Å². The number of rotatable bonds is 3. The monoisotopic (exact) mass is 721 g/mol. The maximum atomic E-state index is 8.74. The summed E-state index contributed by atoms with van der Waals surface area (Å²) < 4.78 is 37.5. The van der Waals surface area contributed by atoms with Gasteiger partial charge in [0, 0.05) is 53.7 Å². The molecule has 11 rings (SSSR count). The number of pyridine rings is 1. The van der Waals surface area contributed by atoms with Crippen molar-refractivity contribution in [3.63, 3.8) is 0 Å². The maximum Gasteiger partial charge on any atom is 0.146 e. The summed E-state index contributed by atoms with van der Waals surface area (Å²) in [6.07, 6.45) is 3.88. The van der Waals surface area contributed by atoms with Gasteiger partial charge in [-0.1, -0.05) is 121 Å². The van der Waals surface area contributed by atoms with Crippen molar-refractivity contribution < 1.29 is 8.85 Å². The van der Waals surface area contributed by atoms with E-state index in [1.807, 2.05) is 30.5 Å². The van der Waals surface area contributed by atoms with E-state index in [1.165, 1.54) is 16.8 Å². The lowest BCUT2D eigenvalue weighted by Crippen LogP contribution is -2.46. The smallest absolute Gasteiger partial charge is 0.146 e. The highest BCUT2D eigenvalue weighted by atomic mass is 16.5. The van der Waals surface area contributed by atoms with Crippen LogP contribution in [-0.2, 0) is 28.1 Å². The van der Waals surface area contributed by atoms with Gasteiger partial charge >= 0.3 is 0 Å². The second-order valence-electron chi connectivity index (χ2n) is 17.9. The highest BCUT2D eigenvalue weighted by Gasteiger charge is 2.52. The number of imidazole rings is 1. The van der Waals surface area contributed by atoms with Crippen molar-refractivity contribution in [1.29, 1.82) is 0 Å². The summed E-state index contributed by atoms with van der Waals surface area (Å²) in [6, 6.07) is 35.5. The fourth-order valence-electron chi connectivity index (χ4n) is 10.5. The molecule has 0 saturated carbocycles. The van der Waals surface area contributed by atoms with Crippen LogP contribution in [-0.4, -0.2) is 19.2 Å². The van der Waals surface area contributed by atoms with Gasteiger partial charge in [0.05, 0.1) is 34.5 Å². The lowest BCUT2D eigenvalue weighted by molar-refractivity contribution is 0.247. The summed E-state index contributed by atoms with van der Waals surface area (Å²) in [6.45, 7) is 14.0. The number of aryl methyl sites for hydroxylation is 2. The maximum absolute atomic E-state index is 8.74. The Morgan fingerprint density at radius 2 is 1.44 bits per heavy atom. The van der Waals surface area contributed by atoms with Crippen molar-refractivity contribution in [2.45, 2.75) is 89.8 Å². The first-order valence-corrected chi connectivity index (χ1v) is 19.6. The molecule has 3 aliphatic rings. The minimum Gasteiger partial charge on any atom is -0.457 e. The topological polar surface area (TPSA) is 44.3 Å². The molecule has 5 heterocycles. The van der Waals surface area contributed by atoms with Gasteiger partial charge in [0.2, 0.25) is 0 Å². The summed E-state index contributed by atoms with van der Waals surface area (Å²) >= 11 is 0. The second kappa shape index (κ2) is 10.5. The number of hydrogen-bond donors (Lipinski definition) is 0. The van der Waals surface area contributed by atoms with Crippen LogP contribution in [0.4, 0.5) is 0 Å². The average molecular weight is 722 g/mol. The van der Waals surface area contributed by atoms with Gasteiger partial charge in [0.25, 0.3) is 0 Å². The molecule has 5 aromatic carbocycles. The Morgan fingerprint density at radius 3 is 2.25 bits per heavy atom. The second-order valence-corrected chi connectivity index (χ2v) is 17.9. The first-order chi connectivity index (χ1) is 27.5. The van der Waals surface area contributed by atoms with E-state index in [0.717, 1.165) is 79.5 Å². The number of aromatic nitrogens is 4. The van der Waals surface area contributed by atoms with Crippen LogP contribution in [0.25, 0.3) is 55.4 Å². The van der Waals surface area contributed by atoms with Crippen molar-refractivity contribution in [3.05, 3.63) is 143 Å². The molecule has 0 radical (unpaired) electrons. The van der Waals surface area contributed by atoms with E-state index in [-0.39, 0.29) is 21.7 Å². The zero-order valence-electron chi connectivity index (χ0n) is 35.5. The molecule has 8 aromatic rings. The Labute approximate surface area is 326 Å². The predicted octanol–water partition coefficient (Wildman–Crippen LogP) is 12.3. The van der Waals surface area contributed by atoms with Crippen LogP contribution in [0.3, 0.4) is 0 Å². The molecule has 1 unspecified atom stereocenters. The highest BCUT2D eigenvalue weighted by Crippen LogP contribution is 2.58. The third-order valence-corrected chi connectivity index (χ3v) is 14.6. The normalized spacial score (nSPS) is 20.7. The van der Waals surface area contributed by atoms with Crippen LogP contribution < -0.4 is 4.74 Å². The molecule has 0 bridgehead atoms. The van der Waals surface area contributed by atoms with E-state index in [4.69, 9.17) is 18.9 Å². The molecule has 5 nitrogen and oxygen atoms in total. The van der Waals surface area contributed by atoms with Gasteiger partial charge in [-0.15, -0.1) is 0 Å². The van der Waals surface area contributed by atoms with E-state index >= 15 is 0 Å². The first-order valence-electron chi connectivity index (χ1n) is 21.1. The fraction of sp³-hybridized carbons (Fsp3) is 0.280. The summed E-state index contributed by atoms with van der Waals surface area (Å²) in [5, 5.41) is 7.49. The number of nitrogens with zero attached hydrogens (tertiary/aromatic N) is 4. The van der Waals surface area contributed by atoms with Crippen molar-refractivity contribution in [1.82, 2.24) is 19.2 Å². The van der Waals surface area contributed by atoms with E-state index < -0.39 is 6.85 Å². The Morgan fingerprint density at radius 1 is 0.691 bits per heavy atom. The minimum atomic E-state index is -2.32. The first kappa shape index (κ1) is 29.6. The number of benzene rings is 5. The number of fused-ring (bicyclic) bond motifs is 8. The van der Waals surface area contributed by atoms with Crippen LogP contribution in [0.5, 0.6) is 11.5 Å². The Hall–Kier alpha value is -5.68. The third-order valence-electron chi connectivity index (χ3n) is 14.6.